The number of rotatable bonds is 5. The predicted molar refractivity (Wildman–Crippen MR) is 92.8 cm³/mol. The second kappa shape index (κ2) is 8.26. The second-order valence-electron chi connectivity index (χ2n) is 6.50. The zero-order valence-corrected chi connectivity index (χ0v) is 14.9. The number of benzene rings is 1. The molecule has 0 aromatic heterocycles. The molecule has 1 N–H and O–H groups in total. The molecule has 0 bridgehead atoms. The minimum absolute atomic E-state index is 0.0836. The van der Waals surface area contributed by atoms with Crippen LogP contribution in [0.5, 0.6) is 0 Å². The number of carbonyl (C=O) groups excluding carboxylic acids is 2. The Morgan fingerprint density at radius 2 is 1.79 bits per heavy atom. The van der Waals surface area contributed by atoms with Crippen LogP contribution in [0.3, 0.4) is 0 Å². The molecule has 6 nitrogen and oxygen atoms in total. The van der Waals surface area contributed by atoms with Crippen molar-refractivity contribution in [2.45, 2.75) is 32.6 Å². The van der Waals surface area contributed by atoms with Crippen LogP contribution in [0.1, 0.15) is 29.8 Å². The van der Waals surface area contributed by atoms with Gasteiger partial charge in [0, 0.05) is 32.2 Å². The summed E-state index contributed by atoms with van der Waals surface area (Å²) in [5.74, 6) is 0.0297. The van der Waals surface area contributed by atoms with Gasteiger partial charge in [0.05, 0.1) is 18.8 Å². The molecule has 1 saturated heterocycles. The smallest absolute Gasteiger partial charge is 0.251 e. The van der Waals surface area contributed by atoms with Crippen LogP contribution in [0, 0.1) is 0 Å². The van der Waals surface area contributed by atoms with E-state index in [4.69, 9.17) is 4.74 Å². The molecule has 0 spiro atoms. The average Bonchev–Trinajstić information content (AvgIpc) is 2.53. The topological polar surface area (TPSA) is 61.9 Å². The molecule has 6 heteroatoms. The van der Waals surface area contributed by atoms with Crippen LogP contribution in [-0.2, 0) is 16.1 Å². The number of nitrogens with one attached hydrogen (secondary N) is 1. The molecule has 0 unspecified atom stereocenters. The zero-order chi connectivity index (χ0) is 17.7. The van der Waals surface area contributed by atoms with Gasteiger partial charge in [-0.25, -0.2) is 0 Å². The van der Waals surface area contributed by atoms with Crippen LogP contribution in [0.2, 0.25) is 0 Å². The number of amides is 2. The van der Waals surface area contributed by atoms with Gasteiger partial charge in [0.2, 0.25) is 5.91 Å². The maximum atomic E-state index is 12.4. The first-order chi connectivity index (χ1) is 11.4. The molecule has 1 fully saturated rings. The highest BCUT2D eigenvalue weighted by Crippen LogP contribution is 2.12. The molecule has 0 radical (unpaired) electrons. The number of hydrogen-bond donors (Lipinski definition) is 1. The maximum Gasteiger partial charge on any atom is 0.251 e. The second-order valence-corrected chi connectivity index (χ2v) is 6.50. The first-order valence-electron chi connectivity index (χ1n) is 8.32. The molecule has 1 aliphatic rings. The summed E-state index contributed by atoms with van der Waals surface area (Å²) in [6.07, 6.45) is 0.167. The van der Waals surface area contributed by atoms with Crippen molar-refractivity contribution in [3.63, 3.8) is 0 Å². The van der Waals surface area contributed by atoms with Crippen molar-refractivity contribution < 1.29 is 14.3 Å². The number of likely N-dealkylation sites (N-methyl/N-ethyl adjacent to an activating group) is 1. The Morgan fingerprint density at radius 3 is 2.33 bits per heavy atom. The zero-order valence-electron chi connectivity index (χ0n) is 14.9. The fourth-order valence-electron chi connectivity index (χ4n) is 2.99. The van der Waals surface area contributed by atoms with E-state index >= 15 is 0 Å². The number of carbonyl (C=O) groups is 2. The van der Waals surface area contributed by atoms with Gasteiger partial charge in [0.15, 0.2) is 0 Å². The minimum atomic E-state index is -0.0966. The lowest BCUT2D eigenvalue weighted by Gasteiger charge is -2.36. The third-order valence-corrected chi connectivity index (χ3v) is 4.07. The van der Waals surface area contributed by atoms with E-state index in [1.54, 1.807) is 19.2 Å². The van der Waals surface area contributed by atoms with E-state index < -0.39 is 0 Å². The van der Waals surface area contributed by atoms with Crippen LogP contribution in [0.15, 0.2) is 24.3 Å². The summed E-state index contributed by atoms with van der Waals surface area (Å²) in [6.45, 7) is 6.32. The van der Waals surface area contributed by atoms with E-state index in [1.807, 2.05) is 42.8 Å². The summed E-state index contributed by atoms with van der Waals surface area (Å²) in [5.41, 5.74) is 1.71. The molecule has 1 aromatic carbocycles. The number of ether oxygens (including phenoxy) is 1. The van der Waals surface area contributed by atoms with E-state index in [0.29, 0.717) is 31.7 Å². The van der Waals surface area contributed by atoms with Crippen LogP contribution in [0.4, 0.5) is 0 Å². The monoisotopic (exact) mass is 333 g/mol. The molecule has 2 atom stereocenters. The van der Waals surface area contributed by atoms with Crippen LogP contribution in [0.25, 0.3) is 0 Å². The van der Waals surface area contributed by atoms with Crippen molar-refractivity contribution >= 4 is 11.8 Å². The molecule has 2 rings (SSSR count). The van der Waals surface area contributed by atoms with Crippen LogP contribution in [-0.4, -0.2) is 67.6 Å². The highest BCUT2D eigenvalue weighted by atomic mass is 16.5. The maximum absolute atomic E-state index is 12.4. The summed E-state index contributed by atoms with van der Waals surface area (Å²) in [4.78, 5) is 27.9. The highest BCUT2D eigenvalue weighted by molar-refractivity contribution is 5.93. The molecule has 1 aliphatic heterocycles. The fourth-order valence-corrected chi connectivity index (χ4v) is 2.99. The normalized spacial score (nSPS) is 21.0. The van der Waals surface area contributed by atoms with Crippen LogP contribution < -0.4 is 5.32 Å². The Bertz CT molecular complexity index is 563. The first kappa shape index (κ1) is 18.4. The van der Waals surface area contributed by atoms with E-state index in [9.17, 15) is 9.59 Å². The standard InChI is InChI=1S/C18H27N3O3/c1-13-9-21(10-14(2)24-13)17(22)12-20(4)11-15-5-7-16(8-6-15)18(23)19-3/h5-8,13-14H,9-12H2,1-4H3,(H,19,23)/t13-,14-/m0/s1. The summed E-state index contributed by atoms with van der Waals surface area (Å²) in [5, 5.41) is 2.60. The minimum Gasteiger partial charge on any atom is -0.372 e. The molecular formula is C18H27N3O3. The molecule has 24 heavy (non-hydrogen) atoms. The van der Waals surface area contributed by atoms with Crippen molar-refractivity contribution in [1.82, 2.24) is 15.1 Å². The first-order valence-corrected chi connectivity index (χ1v) is 8.32. The molecule has 1 aromatic rings. The van der Waals surface area contributed by atoms with Crippen molar-refractivity contribution in [3.8, 4) is 0 Å². The summed E-state index contributed by atoms with van der Waals surface area (Å²) >= 11 is 0. The molecule has 0 saturated carbocycles. The Morgan fingerprint density at radius 1 is 1.21 bits per heavy atom. The van der Waals surface area contributed by atoms with Crippen LogP contribution >= 0.6 is 0 Å². The van der Waals surface area contributed by atoms with Gasteiger partial charge < -0.3 is 15.0 Å². The summed E-state index contributed by atoms with van der Waals surface area (Å²) in [6, 6.07) is 7.44. The van der Waals surface area contributed by atoms with Crippen molar-refractivity contribution in [3.05, 3.63) is 35.4 Å². The average molecular weight is 333 g/mol. The van der Waals surface area contributed by atoms with Gasteiger partial charge in [0.1, 0.15) is 0 Å². The summed E-state index contributed by atoms with van der Waals surface area (Å²) < 4.78 is 5.67. The van der Waals surface area contributed by atoms with Gasteiger partial charge in [-0.2, -0.15) is 0 Å². The lowest BCUT2D eigenvalue weighted by molar-refractivity contribution is -0.144. The van der Waals surface area contributed by atoms with Crippen molar-refractivity contribution in [2.75, 3.05) is 33.7 Å². The van der Waals surface area contributed by atoms with Gasteiger partial charge in [-0.1, -0.05) is 12.1 Å². The Labute approximate surface area is 143 Å². The third kappa shape index (κ3) is 5.04. The van der Waals surface area contributed by atoms with E-state index in [0.717, 1.165) is 5.56 Å². The van der Waals surface area contributed by atoms with Crippen molar-refractivity contribution in [1.29, 1.82) is 0 Å². The Hall–Kier alpha value is -1.92. The largest absolute Gasteiger partial charge is 0.372 e. The lowest BCUT2D eigenvalue weighted by Crippen LogP contribution is -2.50. The third-order valence-electron chi connectivity index (χ3n) is 4.07. The summed E-state index contributed by atoms with van der Waals surface area (Å²) in [7, 11) is 3.54. The molecular weight excluding hydrogens is 306 g/mol. The highest BCUT2D eigenvalue weighted by Gasteiger charge is 2.26. The van der Waals surface area contributed by atoms with E-state index in [2.05, 4.69) is 5.32 Å². The van der Waals surface area contributed by atoms with Gasteiger partial charge in [-0.15, -0.1) is 0 Å². The van der Waals surface area contributed by atoms with Gasteiger partial charge in [0.25, 0.3) is 5.91 Å². The van der Waals surface area contributed by atoms with E-state index in [-0.39, 0.29) is 24.0 Å². The molecule has 2 amide bonds. The fraction of sp³-hybridized carbons (Fsp3) is 0.556. The quantitative estimate of drug-likeness (QED) is 0.877. The Kier molecular flexibility index (Phi) is 6.34. The van der Waals surface area contributed by atoms with Gasteiger partial charge in [-0.05, 0) is 38.6 Å². The number of hydrogen-bond acceptors (Lipinski definition) is 4. The van der Waals surface area contributed by atoms with Gasteiger partial charge >= 0.3 is 0 Å². The van der Waals surface area contributed by atoms with Gasteiger partial charge in [-0.3, -0.25) is 14.5 Å². The number of morpholine rings is 1. The lowest BCUT2D eigenvalue weighted by atomic mass is 10.1. The molecule has 132 valence electrons. The molecule has 1 heterocycles. The molecule has 0 aliphatic carbocycles. The number of nitrogens with zero attached hydrogens (tertiary/aromatic N) is 2. The predicted octanol–water partition coefficient (Wildman–Crippen LogP) is 1.11. The Balaban J connectivity index is 1.87. The van der Waals surface area contributed by atoms with E-state index in [1.165, 1.54) is 0 Å². The van der Waals surface area contributed by atoms with Crippen molar-refractivity contribution in [2.24, 2.45) is 0 Å². The SMILES string of the molecule is CNC(=O)c1ccc(CN(C)CC(=O)N2C[C@H](C)O[C@@H](C)C2)cc1.